The molecule has 11 heavy (non-hydrogen) atoms. The number of halogens is 3. The lowest BCUT2D eigenvalue weighted by molar-refractivity contribution is 1.48. The second-order valence-electron chi connectivity index (χ2n) is 1.83. The lowest BCUT2D eigenvalue weighted by atomic mass is 10.2. The zero-order valence-corrected chi connectivity index (χ0v) is 8.33. The minimum absolute atomic E-state index is 0.295. The second-order valence-corrected chi connectivity index (χ2v) is 3.44. The first kappa shape index (κ1) is 8.86. The fourth-order valence-electron chi connectivity index (χ4n) is 0.612. The van der Waals surface area contributed by atoms with Gasteiger partial charge in [-0.05, 0) is 28.1 Å². The van der Waals surface area contributed by atoms with E-state index in [0.29, 0.717) is 20.1 Å². The van der Waals surface area contributed by atoms with E-state index in [2.05, 4.69) is 15.9 Å². The Bertz CT molecular complexity index is 330. The highest BCUT2D eigenvalue weighted by Crippen LogP contribution is 2.32. The Morgan fingerprint density at radius 1 is 1.27 bits per heavy atom. The molecule has 1 aromatic carbocycles. The summed E-state index contributed by atoms with van der Waals surface area (Å²) in [5.41, 5.74) is 0.389. The van der Waals surface area contributed by atoms with E-state index in [1.165, 1.54) is 0 Å². The van der Waals surface area contributed by atoms with Crippen LogP contribution in [0.2, 0.25) is 10.0 Å². The number of nitriles is 1. The molecule has 0 spiro atoms. The van der Waals surface area contributed by atoms with Gasteiger partial charge in [0.15, 0.2) is 0 Å². The van der Waals surface area contributed by atoms with Gasteiger partial charge in [0.2, 0.25) is 0 Å². The quantitative estimate of drug-likeness (QED) is 0.646. The fourth-order valence-corrected chi connectivity index (χ4v) is 1.43. The molecule has 0 heterocycles. The molecule has 1 nitrogen and oxygen atoms in total. The number of benzene rings is 1. The number of hydrogen-bond donors (Lipinski definition) is 0. The lowest BCUT2D eigenvalue weighted by Crippen LogP contribution is -1.78. The van der Waals surface area contributed by atoms with Gasteiger partial charge in [-0.2, -0.15) is 5.26 Å². The summed E-state index contributed by atoms with van der Waals surface area (Å²) in [5, 5.41) is 9.20. The molecule has 1 rings (SSSR count). The van der Waals surface area contributed by atoms with Gasteiger partial charge >= 0.3 is 0 Å². The maximum atomic E-state index is 8.53. The van der Waals surface area contributed by atoms with Crippen LogP contribution in [0.3, 0.4) is 0 Å². The zero-order chi connectivity index (χ0) is 8.43. The van der Waals surface area contributed by atoms with Crippen molar-refractivity contribution in [2.75, 3.05) is 0 Å². The first-order valence-corrected chi connectivity index (χ1v) is 4.25. The van der Waals surface area contributed by atoms with Crippen LogP contribution in [-0.4, -0.2) is 0 Å². The third-order valence-electron chi connectivity index (χ3n) is 1.16. The molecule has 0 saturated heterocycles. The highest BCUT2D eigenvalue weighted by molar-refractivity contribution is 9.10. The summed E-state index contributed by atoms with van der Waals surface area (Å²) in [7, 11) is 0. The van der Waals surface area contributed by atoms with Gasteiger partial charge in [0.25, 0.3) is 0 Å². The average molecular weight is 251 g/mol. The molecular formula is C7H2BrCl2N. The van der Waals surface area contributed by atoms with Crippen LogP contribution in [0.15, 0.2) is 16.6 Å². The largest absolute Gasteiger partial charge is 0.192 e. The normalized spacial score (nSPS) is 9.27. The van der Waals surface area contributed by atoms with Crippen molar-refractivity contribution in [3.8, 4) is 6.07 Å². The summed E-state index contributed by atoms with van der Waals surface area (Å²) in [4.78, 5) is 0. The standard InChI is InChI=1S/C7H2BrCl2N/c8-5-2-1-4(3-11)6(9)7(5)10/h1-2H. The molecule has 1 aromatic rings. The predicted octanol–water partition coefficient (Wildman–Crippen LogP) is 3.63. The van der Waals surface area contributed by atoms with E-state index in [9.17, 15) is 0 Å². The third kappa shape index (κ3) is 1.67. The van der Waals surface area contributed by atoms with Crippen LogP contribution >= 0.6 is 39.1 Å². The van der Waals surface area contributed by atoms with E-state index in [1.807, 2.05) is 6.07 Å². The van der Waals surface area contributed by atoms with Crippen molar-refractivity contribution in [1.82, 2.24) is 0 Å². The van der Waals surface area contributed by atoms with E-state index in [-0.39, 0.29) is 0 Å². The number of nitrogens with zero attached hydrogens (tertiary/aromatic N) is 1. The van der Waals surface area contributed by atoms with Gasteiger partial charge in [-0.1, -0.05) is 23.2 Å². The van der Waals surface area contributed by atoms with Crippen LogP contribution in [0.1, 0.15) is 5.56 Å². The van der Waals surface area contributed by atoms with Gasteiger partial charge in [0.05, 0.1) is 15.6 Å². The lowest BCUT2D eigenvalue weighted by Gasteiger charge is -1.98. The van der Waals surface area contributed by atoms with Crippen molar-refractivity contribution in [2.24, 2.45) is 0 Å². The van der Waals surface area contributed by atoms with Crippen molar-refractivity contribution >= 4 is 39.1 Å². The molecule has 0 aliphatic heterocycles. The van der Waals surface area contributed by atoms with Gasteiger partial charge < -0.3 is 0 Å². The van der Waals surface area contributed by atoms with Crippen molar-refractivity contribution in [3.05, 3.63) is 32.2 Å². The first-order valence-electron chi connectivity index (χ1n) is 2.70. The van der Waals surface area contributed by atoms with Gasteiger partial charge in [0.1, 0.15) is 6.07 Å². The van der Waals surface area contributed by atoms with Gasteiger partial charge in [-0.3, -0.25) is 0 Å². The molecule has 56 valence electrons. The van der Waals surface area contributed by atoms with Gasteiger partial charge in [-0.25, -0.2) is 0 Å². The molecule has 4 heteroatoms. The van der Waals surface area contributed by atoms with Gasteiger partial charge in [0, 0.05) is 4.47 Å². The Labute approximate surface area is 82.7 Å². The summed E-state index contributed by atoms with van der Waals surface area (Å²) >= 11 is 14.6. The first-order chi connectivity index (χ1) is 5.16. The van der Waals surface area contributed by atoms with E-state index >= 15 is 0 Å². The van der Waals surface area contributed by atoms with Crippen molar-refractivity contribution in [1.29, 1.82) is 5.26 Å². The maximum Gasteiger partial charge on any atom is 0.101 e. The van der Waals surface area contributed by atoms with Crippen LogP contribution in [0.5, 0.6) is 0 Å². The average Bonchev–Trinajstić information content (AvgIpc) is 2.01. The molecule has 0 amide bonds. The Morgan fingerprint density at radius 2 is 1.91 bits per heavy atom. The summed E-state index contributed by atoms with van der Waals surface area (Å²) in [6.45, 7) is 0. The molecule has 0 unspecified atom stereocenters. The molecule has 0 bridgehead atoms. The molecule has 0 aliphatic carbocycles. The highest BCUT2D eigenvalue weighted by Gasteiger charge is 2.06. The van der Waals surface area contributed by atoms with Crippen molar-refractivity contribution < 1.29 is 0 Å². The third-order valence-corrected chi connectivity index (χ3v) is 2.93. The molecule has 0 N–H and O–H groups in total. The fraction of sp³-hybridized carbons (Fsp3) is 0. The SMILES string of the molecule is N#Cc1ccc(Br)c(Cl)c1Cl. The van der Waals surface area contributed by atoms with Gasteiger partial charge in [-0.15, -0.1) is 0 Å². The molecule has 0 aromatic heterocycles. The number of rotatable bonds is 0. The summed E-state index contributed by atoms with van der Waals surface area (Å²) < 4.78 is 0.697. The Balaban J connectivity index is 3.40. The van der Waals surface area contributed by atoms with Crippen molar-refractivity contribution in [2.45, 2.75) is 0 Å². The van der Waals surface area contributed by atoms with E-state index in [1.54, 1.807) is 12.1 Å². The molecular weight excluding hydrogens is 249 g/mol. The number of hydrogen-bond acceptors (Lipinski definition) is 1. The van der Waals surface area contributed by atoms with E-state index in [4.69, 9.17) is 28.5 Å². The van der Waals surface area contributed by atoms with Crippen LogP contribution in [0, 0.1) is 11.3 Å². The maximum absolute atomic E-state index is 8.53. The van der Waals surface area contributed by atoms with E-state index < -0.39 is 0 Å². The van der Waals surface area contributed by atoms with Crippen LogP contribution in [-0.2, 0) is 0 Å². The monoisotopic (exact) mass is 249 g/mol. The minimum atomic E-state index is 0.295. The topological polar surface area (TPSA) is 23.8 Å². The molecule has 0 saturated carbocycles. The minimum Gasteiger partial charge on any atom is -0.192 e. The molecule has 0 aliphatic rings. The summed E-state index contributed by atoms with van der Waals surface area (Å²) in [5.74, 6) is 0. The van der Waals surface area contributed by atoms with Crippen LogP contribution in [0.4, 0.5) is 0 Å². The summed E-state index contributed by atoms with van der Waals surface area (Å²) in [6.07, 6.45) is 0. The Morgan fingerprint density at radius 3 is 2.45 bits per heavy atom. The van der Waals surface area contributed by atoms with E-state index in [0.717, 1.165) is 0 Å². The highest BCUT2D eigenvalue weighted by atomic mass is 79.9. The Hall–Kier alpha value is -0.230. The molecule has 0 fully saturated rings. The molecule has 0 atom stereocenters. The Kier molecular flexibility index (Phi) is 2.78. The zero-order valence-electron chi connectivity index (χ0n) is 5.24. The molecule has 0 radical (unpaired) electrons. The van der Waals surface area contributed by atoms with Crippen LogP contribution in [0.25, 0.3) is 0 Å². The smallest absolute Gasteiger partial charge is 0.101 e. The predicted molar refractivity (Wildman–Crippen MR) is 48.9 cm³/mol. The second kappa shape index (κ2) is 3.44. The summed E-state index contributed by atoms with van der Waals surface area (Å²) in [6, 6.07) is 5.22. The van der Waals surface area contributed by atoms with Crippen LogP contribution < -0.4 is 0 Å². The van der Waals surface area contributed by atoms with Crippen molar-refractivity contribution in [3.63, 3.8) is 0 Å².